The molecule has 1 heterocycles. The Bertz CT molecular complexity index is 467. The van der Waals surface area contributed by atoms with Crippen LogP contribution in [0.1, 0.15) is 12.8 Å². The summed E-state index contributed by atoms with van der Waals surface area (Å²) in [5.41, 5.74) is 0. The summed E-state index contributed by atoms with van der Waals surface area (Å²) in [4.78, 5) is 13.6. The number of aliphatic hydroxyl groups excluding tert-OH is 1. The van der Waals surface area contributed by atoms with E-state index in [1.165, 1.54) is 0 Å². The molecule has 2 rings (SSSR count). The van der Waals surface area contributed by atoms with Crippen molar-refractivity contribution >= 4 is 37.8 Å². The highest BCUT2D eigenvalue weighted by atomic mass is 79.9. The van der Waals surface area contributed by atoms with Gasteiger partial charge in [-0.2, -0.15) is 0 Å². The van der Waals surface area contributed by atoms with Crippen molar-refractivity contribution < 1.29 is 14.6 Å². The predicted octanol–water partition coefficient (Wildman–Crippen LogP) is 2.57. The van der Waals surface area contributed by atoms with Gasteiger partial charge in [-0.3, -0.25) is 4.79 Å². The minimum absolute atomic E-state index is 0.00699. The van der Waals surface area contributed by atoms with Crippen molar-refractivity contribution in [1.82, 2.24) is 4.90 Å². The minimum atomic E-state index is -0.405. The van der Waals surface area contributed by atoms with Crippen molar-refractivity contribution in [2.24, 2.45) is 0 Å². The fraction of sp³-hybridized carbons (Fsp3) is 0.462. The molecular formula is C13H15Br2NO3. The number of ether oxygens (including phenoxy) is 1. The second-order valence-corrected chi connectivity index (χ2v) is 6.27. The number of likely N-dealkylation sites (tertiary alicyclic amines) is 1. The van der Waals surface area contributed by atoms with Crippen LogP contribution in [0.3, 0.4) is 0 Å². The Hall–Kier alpha value is -0.590. The number of piperidine rings is 1. The first-order valence-electron chi connectivity index (χ1n) is 6.10. The van der Waals surface area contributed by atoms with E-state index in [2.05, 4.69) is 31.9 Å². The normalized spacial score (nSPS) is 19.3. The fourth-order valence-corrected chi connectivity index (χ4v) is 3.17. The molecule has 1 aromatic carbocycles. The van der Waals surface area contributed by atoms with Gasteiger partial charge in [0.05, 0.1) is 10.6 Å². The average Bonchev–Trinajstić information content (AvgIpc) is 2.37. The molecule has 104 valence electrons. The van der Waals surface area contributed by atoms with Crippen LogP contribution in [-0.2, 0) is 4.79 Å². The van der Waals surface area contributed by atoms with Gasteiger partial charge in [0, 0.05) is 17.6 Å². The maximum atomic E-state index is 12.0. The molecule has 6 heteroatoms. The molecule has 4 nitrogen and oxygen atoms in total. The maximum Gasteiger partial charge on any atom is 0.260 e. The molecule has 1 aliphatic rings. The number of nitrogens with zero attached hydrogens (tertiary/aromatic N) is 1. The molecular weight excluding hydrogens is 378 g/mol. The molecule has 0 saturated carbocycles. The summed E-state index contributed by atoms with van der Waals surface area (Å²) < 4.78 is 7.24. The van der Waals surface area contributed by atoms with Crippen LogP contribution in [-0.4, -0.2) is 41.7 Å². The van der Waals surface area contributed by atoms with Crippen LogP contribution in [0.4, 0.5) is 0 Å². The number of β-amino-alcohol motifs (C(OH)–C–C–N with tert-alkyl or cyclic N) is 1. The van der Waals surface area contributed by atoms with E-state index >= 15 is 0 Å². The number of rotatable bonds is 3. The molecule has 0 unspecified atom stereocenters. The van der Waals surface area contributed by atoms with Gasteiger partial charge in [-0.05, 0) is 47.0 Å². The molecule has 1 saturated heterocycles. The highest BCUT2D eigenvalue weighted by molar-refractivity contribution is 9.11. The number of benzene rings is 1. The zero-order valence-corrected chi connectivity index (χ0v) is 13.5. The standard InChI is InChI=1S/C13H15Br2NO3/c14-9-3-4-12(11(15)6-9)19-8-13(18)16-5-1-2-10(17)7-16/h3-4,6,10,17H,1-2,5,7-8H2/t10-/m0/s1. The van der Waals surface area contributed by atoms with E-state index in [1.807, 2.05) is 12.1 Å². The third-order valence-electron chi connectivity index (χ3n) is 2.99. The van der Waals surface area contributed by atoms with Crippen LogP contribution in [0.25, 0.3) is 0 Å². The van der Waals surface area contributed by atoms with Crippen LogP contribution in [0.5, 0.6) is 5.75 Å². The zero-order valence-electron chi connectivity index (χ0n) is 10.3. The summed E-state index contributed by atoms with van der Waals surface area (Å²) in [5, 5.41) is 9.54. The molecule has 0 bridgehead atoms. The van der Waals surface area contributed by atoms with Gasteiger partial charge >= 0.3 is 0 Å². The van der Waals surface area contributed by atoms with Gasteiger partial charge < -0.3 is 14.7 Å². The summed E-state index contributed by atoms with van der Waals surface area (Å²) in [6.45, 7) is 1.09. The molecule has 0 aromatic heterocycles. The lowest BCUT2D eigenvalue weighted by atomic mass is 10.1. The molecule has 1 atom stereocenters. The molecule has 0 radical (unpaired) electrons. The van der Waals surface area contributed by atoms with Gasteiger partial charge in [-0.1, -0.05) is 15.9 Å². The maximum absolute atomic E-state index is 12.0. The summed E-state index contributed by atoms with van der Waals surface area (Å²) in [6.07, 6.45) is 1.20. The summed E-state index contributed by atoms with van der Waals surface area (Å²) >= 11 is 6.74. The third kappa shape index (κ3) is 4.19. The van der Waals surface area contributed by atoms with Gasteiger partial charge in [0.2, 0.25) is 0 Å². The Balaban J connectivity index is 1.89. The van der Waals surface area contributed by atoms with Crippen molar-refractivity contribution in [3.63, 3.8) is 0 Å². The first-order valence-corrected chi connectivity index (χ1v) is 7.68. The largest absolute Gasteiger partial charge is 0.483 e. The second kappa shape index (κ2) is 6.72. The van der Waals surface area contributed by atoms with E-state index in [1.54, 1.807) is 11.0 Å². The average molecular weight is 393 g/mol. The van der Waals surface area contributed by atoms with Crippen molar-refractivity contribution in [1.29, 1.82) is 0 Å². The SMILES string of the molecule is O=C(COc1ccc(Br)cc1Br)N1CCC[C@H](O)C1. The number of hydrogen-bond acceptors (Lipinski definition) is 3. The number of halogens is 2. The Morgan fingerprint density at radius 1 is 1.47 bits per heavy atom. The van der Waals surface area contributed by atoms with Crippen molar-refractivity contribution in [2.75, 3.05) is 19.7 Å². The van der Waals surface area contributed by atoms with Crippen LogP contribution >= 0.6 is 31.9 Å². The monoisotopic (exact) mass is 391 g/mol. The minimum Gasteiger partial charge on any atom is -0.483 e. The highest BCUT2D eigenvalue weighted by Gasteiger charge is 2.22. The molecule has 1 fully saturated rings. The first-order chi connectivity index (χ1) is 9.06. The van der Waals surface area contributed by atoms with Crippen LogP contribution < -0.4 is 4.74 Å². The second-order valence-electron chi connectivity index (χ2n) is 4.50. The van der Waals surface area contributed by atoms with Crippen LogP contribution in [0, 0.1) is 0 Å². The third-order valence-corrected chi connectivity index (χ3v) is 4.11. The smallest absolute Gasteiger partial charge is 0.260 e. The summed E-state index contributed by atoms with van der Waals surface area (Å²) in [6, 6.07) is 5.52. The lowest BCUT2D eigenvalue weighted by Crippen LogP contribution is -2.44. The Morgan fingerprint density at radius 3 is 2.95 bits per heavy atom. The molecule has 1 aliphatic heterocycles. The molecule has 19 heavy (non-hydrogen) atoms. The van der Waals surface area contributed by atoms with Gasteiger partial charge in [-0.15, -0.1) is 0 Å². The van der Waals surface area contributed by atoms with Crippen molar-refractivity contribution in [2.45, 2.75) is 18.9 Å². The van der Waals surface area contributed by atoms with E-state index in [-0.39, 0.29) is 12.5 Å². The fourth-order valence-electron chi connectivity index (χ4n) is 2.00. The van der Waals surface area contributed by atoms with E-state index < -0.39 is 6.10 Å². The van der Waals surface area contributed by atoms with Gasteiger partial charge in [0.15, 0.2) is 6.61 Å². The molecule has 1 amide bonds. The van der Waals surface area contributed by atoms with Gasteiger partial charge in [0.1, 0.15) is 5.75 Å². The first kappa shape index (κ1) is 14.8. The number of carbonyl (C=O) groups excluding carboxylic acids is 1. The van der Waals surface area contributed by atoms with E-state index in [9.17, 15) is 9.90 Å². The van der Waals surface area contributed by atoms with E-state index in [0.29, 0.717) is 18.8 Å². The predicted molar refractivity (Wildman–Crippen MR) is 79.2 cm³/mol. The Morgan fingerprint density at radius 2 is 2.26 bits per heavy atom. The van der Waals surface area contributed by atoms with Crippen molar-refractivity contribution in [3.8, 4) is 5.75 Å². The van der Waals surface area contributed by atoms with Gasteiger partial charge in [-0.25, -0.2) is 0 Å². The topological polar surface area (TPSA) is 49.8 Å². The van der Waals surface area contributed by atoms with Crippen LogP contribution in [0.2, 0.25) is 0 Å². The number of aliphatic hydroxyl groups is 1. The number of hydrogen-bond donors (Lipinski definition) is 1. The van der Waals surface area contributed by atoms with Crippen LogP contribution in [0.15, 0.2) is 27.1 Å². The van der Waals surface area contributed by atoms with E-state index in [4.69, 9.17) is 4.74 Å². The van der Waals surface area contributed by atoms with Crippen molar-refractivity contribution in [3.05, 3.63) is 27.1 Å². The molecule has 1 N–H and O–H groups in total. The van der Waals surface area contributed by atoms with E-state index in [0.717, 1.165) is 21.8 Å². The lowest BCUT2D eigenvalue weighted by molar-refractivity contribution is -0.136. The molecule has 0 aliphatic carbocycles. The molecule has 1 aromatic rings. The molecule has 0 spiro atoms. The number of carbonyl (C=O) groups is 1. The van der Waals surface area contributed by atoms with Gasteiger partial charge in [0.25, 0.3) is 5.91 Å². The number of amides is 1. The summed E-state index contributed by atoms with van der Waals surface area (Å²) in [7, 11) is 0. The lowest BCUT2D eigenvalue weighted by Gasteiger charge is -2.30. The quantitative estimate of drug-likeness (QED) is 0.859. The Labute approximate surface area is 129 Å². The highest BCUT2D eigenvalue weighted by Crippen LogP contribution is 2.28. The zero-order chi connectivity index (χ0) is 13.8. The summed E-state index contributed by atoms with van der Waals surface area (Å²) in [5.74, 6) is 0.544. The Kier molecular flexibility index (Phi) is 5.24.